The Bertz CT molecular complexity index is 167. The van der Waals surface area contributed by atoms with Gasteiger partial charge in [-0.15, -0.1) is 0 Å². The van der Waals surface area contributed by atoms with Crippen molar-refractivity contribution < 1.29 is 14.7 Å². The second-order valence-electron chi connectivity index (χ2n) is 2.45. The van der Waals surface area contributed by atoms with Gasteiger partial charge in [0.05, 0.1) is 0 Å². The second kappa shape index (κ2) is 3.80. The van der Waals surface area contributed by atoms with Gasteiger partial charge in [-0.3, -0.25) is 0 Å². The smallest absolute Gasteiger partial charge is 0.415 e. The van der Waals surface area contributed by atoms with E-state index in [4.69, 9.17) is 5.11 Å². The van der Waals surface area contributed by atoms with E-state index in [0.29, 0.717) is 4.90 Å². The van der Waals surface area contributed by atoms with Crippen LogP contribution in [0.15, 0.2) is 0 Å². The van der Waals surface area contributed by atoms with Crippen LogP contribution in [0.25, 0.3) is 0 Å². The largest absolute Gasteiger partial charge is 0.465 e. The van der Waals surface area contributed by atoms with Crippen molar-refractivity contribution in [2.45, 2.75) is 19.9 Å². The normalized spacial score (nSPS) is 9.45. The highest BCUT2D eigenvalue weighted by molar-refractivity contribution is 5.89. The molecule has 0 aliphatic heterocycles. The highest BCUT2D eigenvalue weighted by atomic mass is 16.4. The number of hydrogen-bond donors (Lipinski definition) is 2. The highest BCUT2D eigenvalue weighted by Gasteiger charge is 2.14. The van der Waals surface area contributed by atoms with E-state index in [1.165, 1.54) is 7.05 Å². The van der Waals surface area contributed by atoms with E-state index in [0.717, 1.165) is 0 Å². The molecule has 0 heterocycles. The van der Waals surface area contributed by atoms with Gasteiger partial charge < -0.3 is 10.4 Å². The van der Waals surface area contributed by atoms with Crippen LogP contribution in [0.1, 0.15) is 13.8 Å². The number of nitrogens with zero attached hydrogens (tertiary/aromatic N) is 1. The van der Waals surface area contributed by atoms with Gasteiger partial charge in [0.15, 0.2) is 0 Å². The molecule has 0 aromatic carbocycles. The van der Waals surface area contributed by atoms with Gasteiger partial charge in [0, 0.05) is 13.1 Å². The summed E-state index contributed by atoms with van der Waals surface area (Å²) < 4.78 is 0. The number of urea groups is 1. The molecule has 3 amide bonds. The number of rotatable bonds is 1. The van der Waals surface area contributed by atoms with Crippen molar-refractivity contribution in [3.8, 4) is 0 Å². The minimum Gasteiger partial charge on any atom is -0.465 e. The van der Waals surface area contributed by atoms with Gasteiger partial charge in [-0.05, 0) is 13.8 Å². The van der Waals surface area contributed by atoms with Gasteiger partial charge in [0.25, 0.3) is 0 Å². The van der Waals surface area contributed by atoms with Gasteiger partial charge in [-0.1, -0.05) is 0 Å². The number of hydrogen-bond acceptors (Lipinski definition) is 2. The van der Waals surface area contributed by atoms with Crippen LogP contribution in [0.3, 0.4) is 0 Å². The predicted octanol–water partition coefficient (Wildman–Crippen LogP) is 0.714. The topological polar surface area (TPSA) is 69.6 Å². The fourth-order valence-corrected chi connectivity index (χ4v) is 0.431. The SMILES string of the molecule is CC(C)NC(=O)N(C)C(=O)O. The lowest BCUT2D eigenvalue weighted by Crippen LogP contribution is -2.43. The standard InChI is InChI=1S/C6H12N2O3/c1-4(2)7-5(9)8(3)6(10)11/h4H,1-3H3,(H,7,9)(H,10,11). The maximum atomic E-state index is 10.8. The highest BCUT2D eigenvalue weighted by Crippen LogP contribution is 1.86. The zero-order valence-corrected chi connectivity index (χ0v) is 6.79. The first kappa shape index (κ1) is 9.74. The molecule has 11 heavy (non-hydrogen) atoms. The lowest BCUT2D eigenvalue weighted by Gasteiger charge is -2.14. The first-order valence-electron chi connectivity index (χ1n) is 3.22. The zero-order valence-electron chi connectivity index (χ0n) is 6.79. The molecular formula is C6H12N2O3. The van der Waals surface area contributed by atoms with Crippen LogP contribution in [0.5, 0.6) is 0 Å². The Balaban J connectivity index is 3.93. The van der Waals surface area contributed by atoms with Gasteiger partial charge in [-0.2, -0.15) is 0 Å². The molecule has 0 bridgehead atoms. The third-order valence-electron chi connectivity index (χ3n) is 1.00. The third-order valence-corrected chi connectivity index (χ3v) is 1.00. The van der Waals surface area contributed by atoms with Crippen LogP contribution >= 0.6 is 0 Å². The van der Waals surface area contributed by atoms with Crippen LogP contribution in [0.4, 0.5) is 9.59 Å². The molecule has 0 saturated heterocycles. The number of imide groups is 1. The molecule has 5 heteroatoms. The van der Waals surface area contributed by atoms with Gasteiger partial charge in [0.2, 0.25) is 0 Å². The van der Waals surface area contributed by atoms with E-state index >= 15 is 0 Å². The summed E-state index contributed by atoms with van der Waals surface area (Å²) in [6.07, 6.45) is -1.26. The molecule has 0 aliphatic carbocycles. The molecule has 0 fully saturated rings. The van der Waals surface area contributed by atoms with E-state index in [9.17, 15) is 9.59 Å². The number of nitrogens with one attached hydrogen (secondary N) is 1. The van der Waals surface area contributed by atoms with E-state index < -0.39 is 12.1 Å². The first-order chi connectivity index (χ1) is 4.95. The number of carbonyl (C=O) groups is 2. The fraction of sp³-hybridized carbons (Fsp3) is 0.667. The number of carboxylic acid groups (broad SMARTS) is 1. The predicted molar refractivity (Wildman–Crippen MR) is 39.5 cm³/mol. The summed E-state index contributed by atoms with van der Waals surface area (Å²) in [5.41, 5.74) is 0. The van der Waals surface area contributed by atoms with E-state index in [1.54, 1.807) is 13.8 Å². The molecule has 0 aromatic rings. The van der Waals surface area contributed by atoms with E-state index in [-0.39, 0.29) is 6.04 Å². The minimum absolute atomic E-state index is 0.0516. The molecule has 0 spiro atoms. The van der Waals surface area contributed by atoms with Gasteiger partial charge >= 0.3 is 12.1 Å². The van der Waals surface area contributed by atoms with E-state index in [2.05, 4.69) is 5.32 Å². The lowest BCUT2D eigenvalue weighted by molar-refractivity contribution is 0.156. The van der Waals surface area contributed by atoms with Gasteiger partial charge in [0.1, 0.15) is 0 Å². The zero-order chi connectivity index (χ0) is 9.02. The Labute approximate surface area is 65.0 Å². The molecule has 2 N–H and O–H groups in total. The summed E-state index contributed by atoms with van der Waals surface area (Å²) in [5.74, 6) is 0. The van der Waals surface area contributed by atoms with E-state index in [1.807, 2.05) is 0 Å². The maximum absolute atomic E-state index is 10.8. The Morgan fingerprint density at radius 3 is 2.18 bits per heavy atom. The second-order valence-corrected chi connectivity index (χ2v) is 2.45. The molecular weight excluding hydrogens is 148 g/mol. The lowest BCUT2D eigenvalue weighted by atomic mass is 10.4. The molecule has 64 valence electrons. The Hall–Kier alpha value is -1.26. The van der Waals surface area contributed by atoms with Crippen LogP contribution < -0.4 is 5.32 Å². The quantitative estimate of drug-likeness (QED) is 0.593. The molecule has 0 aromatic heterocycles. The summed E-state index contributed by atoms with van der Waals surface area (Å²) in [5, 5.41) is 10.8. The van der Waals surface area contributed by atoms with Crippen molar-refractivity contribution in [1.29, 1.82) is 0 Å². The molecule has 0 radical (unpaired) electrons. The van der Waals surface area contributed by atoms with Crippen molar-refractivity contribution >= 4 is 12.1 Å². The van der Waals surface area contributed by atoms with Crippen molar-refractivity contribution in [2.24, 2.45) is 0 Å². The van der Waals surface area contributed by atoms with Crippen LogP contribution in [-0.4, -0.2) is 35.2 Å². The van der Waals surface area contributed by atoms with Crippen LogP contribution in [-0.2, 0) is 0 Å². The van der Waals surface area contributed by atoms with Crippen molar-refractivity contribution in [1.82, 2.24) is 10.2 Å². The average molecular weight is 160 g/mol. The summed E-state index contributed by atoms with van der Waals surface area (Å²) >= 11 is 0. The van der Waals surface area contributed by atoms with Crippen molar-refractivity contribution in [2.75, 3.05) is 7.05 Å². The van der Waals surface area contributed by atoms with Crippen LogP contribution in [0.2, 0.25) is 0 Å². The maximum Gasteiger partial charge on any atom is 0.415 e. The molecule has 0 atom stereocenters. The first-order valence-corrected chi connectivity index (χ1v) is 3.22. The summed E-state index contributed by atoms with van der Waals surface area (Å²) in [6.45, 7) is 3.52. The minimum atomic E-state index is -1.26. The third kappa shape index (κ3) is 3.44. The average Bonchev–Trinajstić information content (AvgIpc) is 1.84. The van der Waals surface area contributed by atoms with Crippen LogP contribution in [0, 0.1) is 0 Å². The van der Waals surface area contributed by atoms with Crippen molar-refractivity contribution in [3.05, 3.63) is 0 Å². The monoisotopic (exact) mass is 160 g/mol. The Morgan fingerprint density at radius 2 is 1.91 bits per heavy atom. The Kier molecular flexibility index (Phi) is 3.36. The summed E-state index contributed by atoms with van der Waals surface area (Å²) in [6, 6.07) is -0.656. The molecule has 0 saturated carbocycles. The number of amides is 3. The molecule has 5 nitrogen and oxygen atoms in total. The molecule has 0 rings (SSSR count). The Morgan fingerprint density at radius 1 is 1.45 bits per heavy atom. The molecule has 0 unspecified atom stereocenters. The molecule has 0 aliphatic rings. The van der Waals surface area contributed by atoms with Gasteiger partial charge in [-0.25, -0.2) is 14.5 Å². The fourth-order valence-electron chi connectivity index (χ4n) is 0.431. The van der Waals surface area contributed by atoms with Crippen molar-refractivity contribution in [3.63, 3.8) is 0 Å². The number of carbonyl (C=O) groups excluding carboxylic acids is 1. The summed E-state index contributed by atoms with van der Waals surface area (Å²) in [4.78, 5) is 21.6. The summed E-state index contributed by atoms with van der Waals surface area (Å²) in [7, 11) is 1.19.